The van der Waals surface area contributed by atoms with Gasteiger partial charge in [-0.15, -0.1) is 11.6 Å². The van der Waals surface area contributed by atoms with Gasteiger partial charge in [0.15, 0.2) is 5.69 Å². The summed E-state index contributed by atoms with van der Waals surface area (Å²) in [6.07, 6.45) is 0.664. The number of hydrogen-bond acceptors (Lipinski definition) is 3. The highest BCUT2D eigenvalue weighted by Gasteiger charge is 2.23. The van der Waals surface area contributed by atoms with Crippen molar-refractivity contribution in [2.75, 3.05) is 5.88 Å². The van der Waals surface area contributed by atoms with Crippen LogP contribution < -0.4 is 5.32 Å². The molecule has 1 aromatic rings. The molecule has 0 saturated heterocycles. The van der Waals surface area contributed by atoms with Crippen molar-refractivity contribution in [3.63, 3.8) is 0 Å². The van der Waals surface area contributed by atoms with Gasteiger partial charge < -0.3 is 15.4 Å². The third-order valence-electron chi connectivity index (χ3n) is 3.06. The molecule has 0 aliphatic rings. The Morgan fingerprint density at radius 3 is 2.58 bits per heavy atom. The molecule has 106 valence electrons. The number of aromatic nitrogens is 1. The Balaban J connectivity index is 2.86. The molecule has 0 bridgehead atoms. The Labute approximate surface area is 116 Å². The van der Waals surface area contributed by atoms with Gasteiger partial charge in [-0.25, -0.2) is 4.57 Å². The van der Waals surface area contributed by atoms with E-state index in [1.165, 1.54) is 23.7 Å². The minimum absolute atomic E-state index is 0.0426. The molecule has 1 aromatic heterocycles. The van der Waals surface area contributed by atoms with Crippen LogP contribution in [0.25, 0.3) is 0 Å². The van der Waals surface area contributed by atoms with Gasteiger partial charge in [-0.2, -0.15) is 0 Å². The molecule has 0 fully saturated rings. The summed E-state index contributed by atoms with van der Waals surface area (Å²) in [5, 5.41) is 13.6. The molecule has 1 rings (SSSR count). The topological polar surface area (TPSA) is 77.2 Å². The number of amides is 1. The van der Waals surface area contributed by atoms with E-state index in [2.05, 4.69) is 5.32 Å². The van der Waals surface area contributed by atoms with Gasteiger partial charge >= 0.3 is 5.82 Å². The van der Waals surface area contributed by atoms with Gasteiger partial charge in [-0.05, 0) is 23.3 Å². The molecule has 0 aliphatic heterocycles. The molecular weight excluding hydrogens is 270 g/mol. The van der Waals surface area contributed by atoms with Crippen LogP contribution in [0.2, 0.25) is 0 Å². The zero-order valence-electron chi connectivity index (χ0n) is 11.2. The first-order valence-corrected chi connectivity index (χ1v) is 6.58. The lowest BCUT2D eigenvalue weighted by atomic mass is 10.0. The normalized spacial score (nSPS) is 12.5. The van der Waals surface area contributed by atoms with E-state index < -0.39 is 4.92 Å². The number of nitro groups is 1. The predicted octanol–water partition coefficient (Wildman–Crippen LogP) is 2.32. The highest BCUT2D eigenvalue weighted by molar-refractivity contribution is 6.17. The van der Waals surface area contributed by atoms with Crippen molar-refractivity contribution in [2.45, 2.75) is 26.3 Å². The van der Waals surface area contributed by atoms with Crippen LogP contribution in [-0.4, -0.2) is 27.3 Å². The third kappa shape index (κ3) is 3.70. The van der Waals surface area contributed by atoms with Crippen LogP contribution in [-0.2, 0) is 7.05 Å². The summed E-state index contributed by atoms with van der Waals surface area (Å²) in [5.41, 5.74) is 0.270. The van der Waals surface area contributed by atoms with E-state index >= 15 is 0 Å². The number of alkyl halides is 1. The van der Waals surface area contributed by atoms with Gasteiger partial charge in [0, 0.05) is 18.0 Å². The molecule has 0 saturated carbocycles. The number of carbonyl (C=O) groups excluding carboxylic acids is 1. The van der Waals surface area contributed by atoms with E-state index in [1.807, 2.05) is 13.8 Å². The number of rotatable bonds is 6. The Bertz CT molecular complexity index is 471. The summed E-state index contributed by atoms with van der Waals surface area (Å²) in [6.45, 7) is 3.98. The highest BCUT2D eigenvalue weighted by atomic mass is 35.5. The van der Waals surface area contributed by atoms with E-state index in [1.54, 1.807) is 0 Å². The lowest BCUT2D eigenvalue weighted by Gasteiger charge is -2.20. The molecule has 0 spiro atoms. The Kier molecular flexibility index (Phi) is 5.35. The lowest BCUT2D eigenvalue weighted by molar-refractivity contribution is -0.391. The van der Waals surface area contributed by atoms with Crippen molar-refractivity contribution in [3.8, 4) is 0 Å². The number of hydrogen-bond donors (Lipinski definition) is 1. The molecule has 0 aromatic carbocycles. The van der Waals surface area contributed by atoms with Crippen molar-refractivity contribution in [1.29, 1.82) is 0 Å². The van der Waals surface area contributed by atoms with Crippen molar-refractivity contribution < 1.29 is 9.72 Å². The molecule has 7 heteroatoms. The second-order valence-corrected chi connectivity index (χ2v) is 5.07. The molecule has 1 N–H and O–H groups in total. The minimum atomic E-state index is -0.518. The summed E-state index contributed by atoms with van der Waals surface area (Å²) in [4.78, 5) is 22.3. The molecule has 0 radical (unpaired) electrons. The molecule has 6 nitrogen and oxygen atoms in total. The van der Waals surface area contributed by atoms with Crippen molar-refractivity contribution in [3.05, 3.63) is 27.9 Å². The van der Waals surface area contributed by atoms with E-state index in [-0.39, 0.29) is 29.4 Å². The van der Waals surface area contributed by atoms with Gasteiger partial charge in [0.25, 0.3) is 5.91 Å². The smallest absolute Gasteiger partial charge is 0.323 e. The maximum atomic E-state index is 12.1. The van der Waals surface area contributed by atoms with Crippen LogP contribution in [0, 0.1) is 16.0 Å². The van der Waals surface area contributed by atoms with E-state index in [0.717, 1.165) is 0 Å². The second-order valence-electron chi connectivity index (χ2n) is 4.69. The van der Waals surface area contributed by atoms with E-state index in [4.69, 9.17) is 11.6 Å². The predicted molar refractivity (Wildman–Crippen MR) is 73.5 cm³/mol. The third-order valence-corrected chi connectivity index (χ3v) is 3.27. The molecule has 1 heterocycles. The SMILES string of the molecule is CC(C)C(CCCl)NC(=O)c1ccc([N+](=O)[O-])n1C. The van der Waals surface area contributed by atoms with Crippen LogP contribution in [0.3, 0.4) is 0 Å². The van der Waals surface area contributed by atoms with Gasteiger partial charge in [0.1, 0.15) is 0 Å². The quantitative estimate of drug-likeness (QED) is 0.495. The van der Waals surface area contributed by atoms with E-state index in [9.17, 15) is 14.9 Å². The summed E-state index contributed by atoms with van der Waals surface area (Å²) in [5.74, 6) is 0.275. The largest absolute Gasteiger partial charge is 0.358 e. The summed E-state index contributed by atoms with van der Waals surface area (Å²) >= 11 is 5.70. The maximum absolute atomic E-state index is 12.1. The van der Waals surface area contributed by atoms with Crippen molar-refractivity contribution >= 4 is 23.3 Å². The molecule has 0 aliphatic carbocycles. The lowest BCUT2D eigenvalue weighted by Crippen LogP contribution is -2.39. The number of carbonyl (C=O) groups is 1. The summed E-state index contributed by atoms with van der Waals surface area (Å²) < 4.78 is 1.27. The van der Waals surface area contributed by atoms with Gasteiger partial charge in [0.05, 0.1) is 7.05 Å². The van der Waals surface area contributed by atoms with Gasteiger partial charge in [0.2, 0.25) is 0 Å². The Morgan fingerprint density at radius 1 is 1.53 bits per heavy atom. The minimum Gasteiger partial charge on any atom is -0.358 e. The van der Waals surface area contributed by atoms with Crippen molar-refractivity contribution in [1.82, 2.24) is 9.88 Å². The average Bonchev–Trinajstić information content (AvgIpc) is 2.70. The summed E-state index contributed by atoms with van der Waals surface area (Å²) in [7, 11) is 1.50. The van der Waals surface area contributed by atoms with Crippen LogP contribution in [0.5, 0.6) is 0 Å². The van der Waals surface area contributed by atoms with Crippen LogP contribution in [0.1, 0.15) is 30.8 Å². The molecule has 1 amide bonds. The van der Waals surface area contributed by atoms with E-state index in [0.29, 0.717) is 12.3 Å². The summed E-state index contributed by atoms with van der Waals surface area (Å²) in [6, 6.07) is 2.73. The fraction of sp³-hybridized carbons (Fsp3) is 0.583. The van der Waals surface area contributed by atoms with Gasteiger partial charge in [-0.1, -0.05) is 13.8 Å². The first-order valence-electron chi connectivity index (χ1n) is 6.05. The Morgan fingerprint density at radius 2 is 2.16 bits per heavy atom. The zero-order valence-corrected chi connectivity index (χ0v) is 12.0. The number of halogens is 1. The van der Waals surface area contributed by atoms with Crippen molar-refractivity contribution in [2.24, 2.45) is 13.0 Å². The molecular formula is C12H18ClN3O3. The molecule has 1 atom stereocenters. The Hall–Kier alpha value is -1.56. The number of nitrogens with one attached hydrogen (secondary N) is 1. The maximum Gasteiger partial charge on any atom is 0.323 e. The average molecular weight is 288 g/mol. The van der Waals surface area contributed by atoms with Gasteiger partial charge in [-0.3, -0.25) is 4.79 Å². The fourth-order valence-corrected chi connectivity index (χ4v) is 2.08. The fourth-order valence-electron chi connectivity index (χ4n) is 1.84. The van der Waals surface area contributed by atoms with Crippen LogP contribution >= 0.6 is 11.6 Å². The highest BCUT2D eigenvalue weighted by Crippen LogP contribution is 2.16. The number of nitrogens with zero attached hydrogens (tertiary/aromatic N) is 2. The standard InChI is InChI=1S/C12H18ClN3O3/c1-8(2)9(6-7-13)14-12(17)10-4-5-11(15(10)3)16(18)19/h4-5,8-9H,6-7H2,1-3H3,(H,14,17). The van der Waals surface area contributed by atoms with Crippen LogP contribution in [0.15, 0.2) is 12.1 Å². The first kappa shape index (κ1) is 15.5. The first-order chi connectivity index (χ1) is 8.88. The second kappa shape index (κ2) is 6.56. The van der Waals surface area contributed by atoms with Crippen LogP contribution in [0.4, 0.5) is 5.82 Å². The monoisotopic (exact) mass is 287 g/mol. The zero-order chi connectivity index (χ0) is 14.6. The molecule has 19 heavy (non-hydrogen) atoms. The molecule has 1 unspecified atom stereocenters.